The number of nitrogens with one attached hydrogen (secondary N) is 1. The van der Waals surface area contributed by atoms with E-state index in [0.29, 0.717) is 24.1 Å². The van der Waals surface area contributed by atoms with Crippen LogP contribution in [-0.2, 0) is 12.8 Å². The first-order chi connectivity index (χ1) is 16.7. The summed E-state index contributed by atoms with van der Waals surface area (Å²) in [4.78, 5) is 18.3. The Morgan fingerprint density at radius 3 is 1.94 bits per heavy atom. The fourth-order valence-corrected chi connectivity index (χ4v) is 4.87. The molecule has 3 nitrogen and oxygen atoms in total. The number of anilines is 1. The van der Waals surface area contributed by atoms with Crippen LogP contribution in [0.1, 0.15) is 32.6 Å². The van der Waals surface area contributed by atoms with Gasteiger partial charge in [-0.3, -0.25) is 9.78 Å². The van der Waals surface area contributed by atoms with Crippen molar-refractivity contribution in [2.45, 2.75) is 12.8 Å². The molecule has 1 N–H and O–H groups in total. The third-order valence-electron chi connectivity index (χ3n) is 5.85. The third-order valence-corrected chi connectivity index (χ3v) is 6.31. The zero-order valence-electron chi connectivity index (χ0n) is 18.5. The summed E-state index contributed by atoms with van der Waals surface area (Å²) in [5, 5.41) is 4.15. The van der Waals surface area contributed by atoms with E-state index in [2.05, 4.69) is 62.6 Å². The highest BCUT2D eigenvalue weighted by Gasteiger charge is 2.19. The van der Waals surface area contributed by atoms with Gasteiger partial charge in [-0.05, 0) is 59.4 Å². The Morgan fingerprint density at radius 1 is 0.735 bits per heavy atom. The SMILES string of the molecule is O=C(Nc1cccc2cccnc12)c1c(Cc2ccccc2)cc(Br)cc1Cc1ccccc1. The van der Waals surface area contributed by atoms with E-state index in [-0.39, 0.29) is 5.91 Å². The number of hydrogen-bond acceptors (Lipinski definition) is 2. The van der Waals surface area contributed by atoms with Crippen molar-refractivity contribution in [2.75, 3.05) is 5.32 Å². The van der Waals surface area contributed by atoms with Crippen LogP contribution in [0.2, 0.25) is 0 Å². The lowest BCUT2D eigenvalue weighted by atomic mass is 9.91. The van der Waals surface area contributed by atoms with Gasteiger partial charge in [-0.1, -0.05) is 94.8 Å². The van der Waals surface area contributed by atoms with Crippen molar-refractivity contribution in [1.29, 1.82) is 0 Å². The minimum absolute atomic E-state index is 0.123. The Labute approximate surface area is 207 Å². The van der Waals surface area contributed by atoms with E-state index in [1.54, 1.807) is 6.20 Å². The van der Waals surface area contributed by atoms with Crippen LogP contribution in [-0.4, -0.2) is 10.9 Å². The molecule has 0 aliphatic heterocycles. The standard InChI is InChI=1S/C30H23BrN2O/c31-26-19-24(17-21-9-3-1-4-10-21)28(25(20-26)18-22-11-5-2-6-12-22)30(34)33-27-15-7-13-23-14-8-16-32-29(23)27/h1-16,19-20H,17-18H2,(H,33,34). The highest BCUT2D eigenvalue weighted by molar-refractivity contribution is 9.10. The van der Waals surface area contributed by atoms with Crippen LogP contribution in [0.5, 0.6) is 0 Å². The fraction of sp³-hybridized carbons (Fsp3) is 0.0667. The second-order valence-electron chi connectivity index (χ2n) is 8.26. The number of fused-ring (bicyclic) bond motifs is 1. The maximum Gasteiger partial charge on any atom is 0.256 e. The van der Waals surface area contributed by atoms with Gasteiger partial charge in [0.2, 0.25) is 0 Å². The number of carbonyl (C=O) groups excluding carboxylic acids is 1. The molecular weight excluding hydrogens is 484 g/mol. The second kappa shape index (κ2) is 10.0. The van der Waals surface area contributed by atoms with Gasteiger partial charge in [-0.2, -0.15) is 0 Å². The van der Waals surface area contributed by atoms with Crippen molar-refractivity contribution in [3.63, 3.8) is 0 Å². The third kappa shape index (κ3) is 4.92. The minimum atomic E-state index is -0.123. The molecule has 5 aromatic rings. The molecular formula is C30H23BrN2O. The van der Waals surface area contributed by atoms with Crippen LogP contribution in [0.25, 0.3) is 10.9 Å². The summed E-state index contributed by atoms with van der Waals surface area (Å²) in [5.41, 5.74) is 6.49. The first kappa shape index (κ1) is 22.1. The maximum absolute atomic E-state index is 13.8. The predicted octanol–water partition coefficient (Wildman–Crippen LogP) is 7.43. The maximum atomic E-state index is 13.8. The molecule has 0 fully saturated rings. The summed E-state index contributed by atoms with van der Waals surface area (Å²) in [6.45, 7) is 0. The van der Waals surface area contributed by atoms with Gasteiger partial charge in [-0.25, -0.2) is 0 Å². The van der Waals surface area contributed by atoms with Crippen molar-refractivity contribution in [3.8, 4) is 0 Å². The summed E-state index contributed by atoms with van der Waals surface area (Å²) < 4.78 is 0.965. The lowest BCUT2D eigenvalue weighted by Crippen LogP contribution is -2.18. The average Bonchev–Trinajstić information content (AvgIpc) is 2.85. The molecule has 0 unspecified atom stereocenters. The number of rotatable bonds is 6. The molecule has 0 atom stereocenters. The topological polar surface area (TPSA) is 42.0 Å². The molecule has 5 rings (SSSR count). The zero-order chi connectivity index (χ0) is 23.3. The van der Waals surface area contributed by atoms with Crippen molar-refractivity contribution in [2.24, 2.45) is 0 Å². The molecule has 1 amide bonds. The Bertz CT molecular complexity index is 1380. The van der Waals surface area contributed by atoms with Crippen LogP contribution in [0, 0.1) is 0 Å². The molecule has 0 saturated carbocycles. The van der Waals surface area contributed by atoms with Crippen LogP contribution in [0.15, 0.2) is 114 Å². The average molecular weight is 507 g/mol. The van der Waals surface area contributed by atoms with E-state index in [4.69, 9.17) is 0 Å². The fourth-order valence-electron chi connectivity index (χ4n) is 4.32. The summed E-state index contributed by atoms with van der Waals surface area (Å²) in [5.74, 6) is -0.123. The number of carbonyl (C=O) groups is 1. The van der Waals surface area contributed by atoms with Crippen LogP contribution in [0.3, 0.4) is 0 Å². The van der Waals surface area contributed by atoms with Gasteiger partial charge in [0, 0.05) is 21.6 Å². The summed E-state index contributed by atoms with van der Waals surface area (Å²) in [6.07, 6.45) is 3.08. The van der Waals surface area contributed by atoms with Gasteiger partial charge in [0.1, 0.15) is 0 Å². The van der Waals surface area contributed by atoms with Crippen LogP contribution < -0.4 is 5.32 Å². The first-order valence-electron chi connectivity index (χ1n) is 11.2. The quantitative estimate of drug-likeness (QED) is 0.260. The molecule has 166 valence electrons. The monoisotopic (exact) mass is 506 g/mol. The van der Waals surface area contributed by atoms with E-state index < -0.39 is 0 Å². The summed E-state index contributed by atoms with van der Waals surface area (Å²) in [7, 11) is 0. The predicted molar refractivity (Wildman–Crippen MR) is 142 cm³/mol. The van der Waals surface area contributed by atoms with Crippen molar-refractivity contribution in [1.82, 2.24) is 4.98 Å². The highest BCUT2D eigenvalue weighted by Crippen LogP contribution is 2.28. The molecule has 0 bridgehead atoms. The van der Waals surface area contributed by atoms with Gasteiger partial charge in [0.25, 0.3) is 5.91 Å². The smallest absolute Gasteiger partial charge is 0.256 e. The molecule has 1 aromatic heterocycles. The number of amides is 1. The highest BCUT2D eigenvalue weighted by atomic mass is 79.9. The molecule has 4 heteroatoms. The molecule has 0 radical (unpaired) electrons. The van der Waals surface area contributed by atoms with Gasteiger partial charge in [-0.15, -0.1) is 0 Å². The number of pyridine rings is 1. The van der Waals surface area contributed by atoms with E-state index in [1.807, 2.05) is 66.7 Å². The second-order valence-corrected chi connectivity index (χ2v) is 9.17. The van der Waals surface area contributed by atoms with Gasteiger partial charge >= 0.3 is 0 Å². The number of benzene rings is 4. The molecule has 0 aliphatic carbocycles. The molecule has 1 heterocycles. The van der Waals surface area contributed by atoms with Gasteiger partial charge < -0.3 is 5.32 Å². The number of para-hydroxylation sites is 1. The lowest BCUT2D eigenvalue weighted by molar-refractivity contribution is 0.102. The van der Waals surface area contributed by atoms with E-state index >= 15 is 0 Å². The van der Waals surface area contributed by atoms with Crippen LogP contribution in [0.4, 0.5) is 5.69 Å². The van der Waals surface area contributed by atoms with Crippen molar-refractivity contribution < 1.29 is 4.79 Å². The first-order valence-corrected chi connectivity index (χ1v) is 12.0. The number of halogens is 1. The van der Waals surface area contributed by atoms with E-state index in [1.165, 1.54) is 0 Å². The molecule has 0 saturated heterocycles. The Kier molecular flexibility index (Phi) is 6.50. The Morgan fingerprint density at radius 2 is 1.32 bits per heavy atom. The Balaban J connectivity index is 1.59. The van der Waals surface area contributed by atoms with Crippen LogP contribution >= 0.6 is 15.9 Å². The number of aromatic nitrogens is 1. The molecule has 4 aromatic carbocycles. The van der Waals surface area contributed by atoms with E-state index in [9.17, 15) is 4.79 Å². The van der Waals surface area contributed by atoms with Crippen molar-refractivity contribution in [3.05, 3.63) is 142 Å². The number of nitrogens with zero attached hydrogens (tertiary/aromatic N) is 1. The largest absolute Gasteiger partial charge is 0.320 e. The molecule has 34 heavy (non-hydrogen) atoms. The molecule has 0 aliphatic rings. The minimum Gasteiger partial charge on any atom is -0.320 e. The van der Waals surface area contributed by atoms with Crippen molar-refractivity contribution >= 4 is 38.4 Å². The Hall–Kier alpha value is -3.76. The van der Waals surface area contributed by atoms with Gasteiger partial charge in [0.15, 0.2) is 0 Å². The summed E-state index contributed by atoms with van der Waals surface area (Å²) >= 11 is 3.68. The molecule has 0 spiro atoms. The normalized spacial score (nSPS) is 10.9. The van der Waals surface area contributed by atoms with E-state index in [0.717, 1.165) is 37.6 Å². The van der Waals surface area contributed by atoms with Gasteiger partial charge in [0.05, 0.1) is 11.2 Å². The number of hydrogen-bond donors (Lipinski definition) is 1. The zero-order valence-corrected chi connectivity index (χ0v) is 20.1. The lowest BCUT2D eigenvalue weighted by Gasteiger charge is -2.17. The summed E-state index contributed by atoms with van der Waals surface area (Å²) in [6, 6.07) is 34.3.